The summed E-state index contributed by atoms with van der Waals surface area (Å²) in [5, 5.41) is 3.28. The van der Waals surface area contributed by atoms with Crippen LogP contribution in [-0.2, 0) is 13.0 Å². The van der Waals surface area contributed by atoms with E-state index in [2.05, 4.69) is 15.0 Å². The lowest BCUT2D eigenvalue weighted by atomic mass is 10.1. The summed E-state index contributed by atoms with van der Waals surface area (Å²) < 4.78 is 40.1. The molecule has 0 saturated carbocycles. The van der Waals surface area contributed by atoms with Gasteiger partial charge in [-0.1, -0.05) is 24.3 Å². The number of guanidine groups is 1. The number of alkyl halides is 2. The standard InChI is InChI=1S/C21H27F2N3O3/c1-24-21(26(2)14-16-7-5-6-8-17(16)27-3)25-12-11-15-9-10-18(28-4)19(13-15)29-20(22)23/h5-10,13,20H,11-12,14H2,1-4H3,(H,24,25). The van der Waals surface area contributed by atoms with Gasteiger partial charge in [-0.05, 0) is 30.2 Å². The van der Waals surface area contributed by atoms with Crippen LogP contribution in [0.5, 0.6) is 17.2 Å². The number of nitrogens with zero attached hydrogens (tertiary/aromatic N) is 2. The summed E-state index contributed by atoms with van der Waals surface area (Å²) >= 11 is 0. The highest BCUT2D eigenvalue weighted by Crippen LogP contribution is 2.29. The van der Waals surface area contributed by atoms with Crippen LogP contribution in [0.1, 0.15) is 11.1 Å². The molecule has 1 N–H and O–H groups in total. The van der Waals surface area contributed by atoms with Gasteiger partial charge in [0.25, 0.3) is 0 Å². The van der Waals surface area contributed by atoms with Crippen molar-refractivity contribution in [2.75, 3.05) is 34.9 Å². The van der Waals surface area contributed by atoms with Gasteiger partial charge < -0.3 is 24.4 Å². The number of benzene rings is 2. The molecule has 0 spiro atoms. The Kier molecular flexibility index (Phi) is 8.51. The predicted molar refractivity (Wildman–Crippen MR) is 109 cm³/mol. The van der Waals surface area contributed by atoms with E-state index in [9.17, 15) is 8.78 Å². The highest BCUT2D eigenvalue weighted by atomic mass is 19.3. The number of aliphatic imine (C=N–C) groups is 1. The SMILES string of the molecule is CN=C(NCCc1ccc(OC)c(OC(F)F)c1)N(C)Cc1ccccc1OC. The topological polar surface area (TPSA) is 55.3 Å². The van der Waals surface area contributed by atoms with Crippen molar-refractivity contribution in [1.82, 2.24) is 10.2 Å². The molecule has 0 aliphatic rings. The minimum absolute atomic E-state index is 0.0256. The van der Waals surface area contributed by atoms with Crippen molar-refractivity contribution in [3.05, 3.63) is 53.6 Å². The Morgan fingerprint density at radius 3 is 2.45 bits per heavy atom. The highest BCUT2D eigenvalue weighted by molar-refractivity contribution is 5.79. The van der Waals surface area contributed by atoms with E-state index in [0.717, 1.165) is 16.9 Å². The second-order valence-corrected chi connectivity index (χ2v) is 6.26. The zero-order valence-corrected chi connectivity index (χ0v) is 17.1. The van der Waals surface area contributed by atoms with Gasteiger partial charge in [0.1, 0.15) is 5.75 Å². The number of para-hydroxylation sites is 1. The lowest BCUT2D eigenvalue weighted by Gasteiger charge is -2.23. The second-order valence-electron chi connectivity index (χ2n) is 6.26. The maximum Gasteiger partial charge on any atom is 0.387 e. The smallest absolute Gasteiger partial charge is 0.387 e. The summed E-state index contributed by atoms with van der Waals surface area (Å²) in [5.74, 6) is 1.83. The van der Waals surface area contributed by atoms with Gasteiger partial charge in [0.05, 0.1) is 14.2 Å². The van der Waals surface area contributed by atoms with Gasteiger partial charge in [-0.3, -0.25) is 4.99 Å². The molecule has 0 amide bonds. The van der Waals surface area contributed by atoms with E-state index < -0.39 is 6.61 Å². The lowest BCUT2D eigenvalue weighted by molar-refractivity contribution is -0.0512. The van der Waals surface area contributed by atoms with Crippen LogP contribution in [0, 0.1) is 0 Å². The van der Waals surface area contributed by atoms with Gasteiger partial charge in [0.2, 0.25) is 0 Å². The van der Waals surface area contributed by atoms with Crippen molar-refractivity contribution >= 4 is 5.96 Å². The van der Waals surface area contributed by atoms with Gasteiger partial charge in [-0.2, -0.15) is 8.78 Å². The summed E-state index contributed by atoms with van der Waals surface area (Å²) in [4.78, 5) is 6.29. The largest absolute Gasteiger partial charge is 0.496 e. The molecule has 2 aromatic rings. The van der Waals surface area contributed by atoms with Crippen LogP contribution in [0.15, 0.2) is 47.5 Å². The van der Waals surface area contributed by atoms with E-state index >= 15 is 0 Å². The number of hydrogen-bond donors (Lipinski definition) is 1. The summed E-state index contributed by atoms with van der Waals surface area (Å²) in [6.07, 6.45) is 0.602. The summed E-state index contributed by atoms with van der Waals surface area (Å²) in [6.45, 7) is -1.71. The number of ether oxygens (including phenoxy) is 3. The Balaban J connectivity index is 1.95. The third-order valence-corrected chi connectivity index (χ3v) is 4.31. The molecule has 0 unspecified atom stereocenters. The van der Waals surface area contributed by atoms with Crippen molar-refractivity contribution in [3.63, 3.8) is 0 Å². The van der Waals surface area contributed by atoms with Crippen molar-refractivity contribution in [3.8, 4) is 17.2 Å². The van der Waals surface area contributed by atoms with Crippen molar-refractivity contribution in [2.24, 2.45) is 4.99 Å². The van der Waals surface area contributed by atoms with E-state index in [1.807, 2.05) is 42.3 Å². The molecule has 0 bridgehead atoms. The van der Waals surface area contributed by atoms with Crippen LogP contribution >= 0.6 is 0 Å². The molecule has 0 heterocycles. The third-order valence-electron chi connectivity index (χ3n) is 4.31. The molecule has 29 heavy (non-hydrogen) atoms. The molecule has 6 nitrogen and oxygen atoms in total. The normalized spacial score (nSPS) is 11.3. The van der Waals surface area contributed by atoms with Crippen LogP contribution in [0.4, 0.5) is 8.78 Å². The van der Waals surface area contributed by atoms with Crippen molar-refractivity contribution in [1.29, 1.82) is 0 Å². The van der Waals surface area contributed by atoms with Crippen LogP contribution in [0.3, 0.4) is 0 Å². The van der Waals surface area contributed by atoms with Gasteiger partial charge in [0, 0.05) is 32.7 Å². The first-order valence-corrected chi connectivity index (χ1v) is 9.13. The Morgan fingerprint density at radius 1 is 1.07 bits per heavy atom. The highest BCUT2D eigenvalue weighted by Gasteiger charge is 2.12. The van der Waals surface area contributed by atoms with E-state index in [1.165, 1.54) is 7.11 Å². The quantitative estimate of drug-likeness (QED) is 0.509. The van der Waals surface area contributed by atoms with E-state index in [4.69, 9.17) is 9.47 Å². The first-order chi connectivity index (χ1) is 14.0. The fourth-order valence-electron chi connectivity index (χ4n) is 2.93. The number of rotatable bonds is 9. The fraction of sp³-hybridized carbons (Fsp3) is 0.381. The fourth-order valence-corrected chi connectivity index (χ4v) is 2.93. The van der Waals surface area contributed by atoms with E-state index in [0.29, 0.717) is 25.5 Å². The van der Waals surface area contributed by atoms with Gasteiger partial charge in [-0.15, -0.1) is 0 Å². The lowest BCUT2D eigenvalue weighted by Crippen LogP contribution is -2.39. The molecule has 0 saturated heterocycles. The van der Waals surface area contributed by atoms with E-state index in [-0.39, 0.29) is 11.5 Å². The number of hydrogen-bond acceptors (Lipinski definition) is 4. The zero-order chi connectivity index (χ0) is 21.2. The minimum Gasteiger partial charge on any atom is -0.496 e. The maximum atomic E-state index is 12.6. The average Bonchev–Trinajstić information content (AvgIpc) is 2.71. The van der Waals surface area contributed by atoms with Crippen LogP contribution in [0.25, 0.3) is 0 Å². The summed E-state index contributed by atoms with van der Waals surface area (Å²) in [5.41, 5.74) is 1.89. The molecule has 8 heteroatoms. The van der Waals surface area contributed by atoms with E-state index in [1.54, 1.807) is 26.3 Å². The second kappa shape index (κ2) is 11.1. The number of nitrogens with one attached hydrogen (secondary N) is 1. The molecule has 0 aliphatic carbocycles. The number of methoxy groups -OCH3 is 2. The summed E-state index contributed by atoms with van der Waals surface area (Å²) in [7, 11) is 6.70. The van der Waals surface area contributed by atoms with Crippen LogP contribution in [-0.4, -0.2) is 52.3 Å². The molecule has 2 rings (SSSR count). The molecular formula is C21H27F2N3O3. The Bertz CT molecular complexity index is 816. The first-order valence-electron chi connectivity index (χ1n) is 9.13. The maximum absolute atomic E-state index is 12.6. The zero-order valence-electron chi connectivity index (χ0n) is 17.1. The third kappa shape index (κ3) is 6.51. The van der Waals surface area contributed by atoms with Crippen LogP contribution in [0.2, 0.25) is 0 Å². The molecule has 2 aromatic carbocycles. The molecule has 0 fully saturated rings. The molecule has 0 aromatic heterocycles. The Labute approximate surface area is 170 Å². The van der Waals surface area contributed by atoms with Crippen LogP contribution < -0.4 is 19.5 Å². The summed E-state index contributed by atoms with van der Waals surface area (Å²) in [6, 6.07) is 12.8. The van der Waals surface area contributed by atoms with Crippen molar-refractivity contribution in [2.45, 2.75) is 19.6 Å². The Morgan fingerprint density at radius 2 is 1.79 bits per heavy atom. The van der Waals surface area contributed by atoms with Gasteiger partial charge in [-0.25, -0.2) is 0 Å². The molecule has 0 radical (unpaired) electrons. The predicted octanol–water partition coefficient (Wildman–Crippen LogP) is 3.56. The molecule has 0 aliphatic heterocycles. The molecular weight excluding hydrogens is 380 g/mol. The average molecular weight is 407 g/mol. The minimum atomic E-state index is -2.90. The Hall–Kier alpha value is -3.03. The molecule has 0 atom stereocenters. The number of halogens is 2. The first kappa shape index (κ1) is 22.3. The molecule has 158 valence electrons. The van der Waals surface area contributed by atoms with Gasteiger partial charge in [0.15, 0.2) is 17.5 Å². The monoisotopic (exact) mass is 407 g/mol. The van der Waals surface area contributed by atoms with Crippen molar-refractivity contribution < 1.29 is 23.0 Å². The van der Waals surface area contributed by atoms with Gasteiger partial charge >= 0.3 is 6.61 Å².